The number of hydrogen-bond acceptors (Lipinski definition) is 10. The molecule has 0 aromatic heterocycles. The van der Waals surface area contributed by atoms with E-state index in [1.165, 1.54) is 21.5 Å². The van der Waals surface area contributed by atoms with E-state index in [1.54, 1.807) is 56.7 Å². The van der Waals surface area contributed by atoms with Crippen LogP contribution in [-0.4, -0.2) is 73.0 Å². The van der Waals surface area contributed by atoms with Crippen molar-refractivity contribution >= 4 is 258 Å². The second-order valence-corrected chi connectivity index (χ2v) is 37.9. The molecule has 1 aliphatic carbocycles. The monoisotopic (exact) mass is 2260 g/mol. The van der Waals surface area contributed by atoms with E-state index in [1.807, 2.05) is 50.3 Å². The van der Waals surface area contributed by atoms with Crippen molar-refractivity contribution in [1.29, 1.82) is 0 Å². The van der Waals surface area contributed by atoms with Crippen LogP contribution in [0.4, 0.5) is 13.2 Å². The zero-order valence-corrected chi connectivity index (χ0v) is 73.2. The Bertz CT molecular complexity index is 5300. The first-order chi connectivity index (χ1) is 56.5. The fourth-order valence-corrected chi connectivity index (χ4v) is 8.08. The van der Waals surface area contributed by atoms with E-state index in [4.69, 9.17) is 78.4 Å². The molecule has 1 heterocycles. The SMILES string of the molecule is COC.IC(I)I.ICI.O=Cc1cc(Cl)ccc1Br.S.[2H]c1c([2H])c([2H])c(C(=C)B2OC(C)(C)C(C)(C)O2)c([2H])c1[2H].[2H]c1c([2H])c([2H])c(C(=C)OS(=O)(=O)C(F)(F)F)c([2H])c1[2H].[2H]c1c([2H])c([2H])c(C(=C)c2ccc(Cl)cc2C=O)c([2H])c1[2H].[2H]c1c([2H])c([2H])c(C(C)=O)c([2H])c1[2H].[2H]c1c([2H])c([2H])c([C@@H]2CC(=O)c3cc(Cl)ccc32)c([2H])c1[2H].[CH2-]I.[V]. The van der Waals surface area contributed by atoms with Gasteiger partial charge in [-0.15, -0.1) is 0 Å². The molecule has 0 N–H and O–H groups in total. The molecule has 1 saturated heterocycles. The summed E-state index contributed by atoms with van der Waals surface area (Å²) in [7, 11) is -3.65. The maximum Gasteiger partial charge on any atom is 0.534 e. The van der Waals surface area contributed by atoms with Crippen molar-refractivity contribution in [2.24, 2.45) is 0 Å². The van der Waals surface area contributed by atoms with Gasteiger partial charge in [-0.1, -0.05) is 347 Å². The molecule has 1 aliphatic heterocycles. The zero-order chi connectivity index (χ0) is 96.2. The summed E-state index contributed by atoms with van der Waals surface area (Å²) in [5, 5.41) is 1.37. The van der Waals surface area contributed by atoms with Gasteiger partial charge in [-0.05, 0) is 116 Å². The number of carbonyl (C=O) groups is 4. The Morgan fingerprint density at radius 2 is 1.05 bits per heavy atom. The second-order valence-electron chi connectivity index (χ2n) is 18.9. The molecule has 0 saturated carbocycles. The average Bonchev–Trinajstić information content (AvgIpc) is 1.64. The summed E-state index contributed by atoms with van der Waals surface area (Å²) in [5.74, 6) is -2.41. The summed E-state index contributed by atoms with van der Waals surface area (Å²) in [5.41, 5.74) is -5.14. The molecule has 537 valence electrons. The summed E-state index contributed by atoms with van der Waals surface area (Å²) in [6, 6.07) is 2.18. The Morgan fingerprint density at radius 1 is 0.690 bits per heavy atom. The number of halogens is 13. The van der Waals surface area contributed by atoms with Gasteiger partial charge in [0.25, 0.3) is 0 Å². The van der Waals surface area contributed by atoms with E-state index < -0.39 is 160 Å². The van der Waals surface area contributed by atoms with Gasteiger partial charge in [0, 0.05) is 92.5 Å². The van der Waals surface area contributed by atoms with Crippen LogP contribution in [-0.2, 0) is 46.9 Å². The minimum Gasteiger partial charge on any atom is -0.399 e. The number of Topliss-reactive ketones (excluding diaryl/α,β-unsaturated/α-hetero) is 2. The molecule has 8 aromatic carbocycles. The number of methoxy groups -OCH3 is 1. The van der Waals surface area contributed by atoms with E-state index in [0.29, 0.717) is 43.6 Å². The van der Waals surface area contributed by atoms with E-state index in [0.717, 1.165) is 10.7 Å². The topological polar surface area (TPSA) is 139 Å². The summed E-state index contributed by atoms with van der Waals surface area (Å²) in [4.78, 5) is 47.9. The standard InChI is InChI=1S/2C15H11ClO.C14H19BO2.C9H7F3O3S.C8H8O.C7H4BrClO.C2H6O.CHI3.CH2I2.CH2I.H2S.V/c16-11-6-7-12-13(9-15(17)14(12)8-11)10-4-2-1-3-5-10;1-11(12-5-3-2-4-6-12)15-8-7-14(16)9-13(15)10-17;1-11(12-9-7-6-8-10-12)15-16-13(2,3)14(4,5)17-15;1-7(8-5-3-2-4-6-8)15-16(13,14)9(10,11)12;1-7(9)8-5-3-2-4-6-8;8-7-2-1-6(9)3-5(7)4-10;1-3-2;2-1(3)4;2-1-3;1-2;;/h1-8,13H,9H2;2-10H,1H2;6-10H,1H2,2-5H3;2-6H,1H2;2-6H,1H3;1-4H;1-2H3;1H;1H2;1H2;1H2;/q;;;;;;;;;-1;;/t13-;;;;;;;;;;;/m0.........../s1/i1D,2D,3D,4D,5D;2D,3D,4D,5D,6D;6D,7D,8D,9D,10D;2*2D,3D,4D,5D,6D;;;;;;;. The van der Waals surface area contributed by atoms with Crippen molar-refractivity contribution in [2.45, 2.75) is 63.6 Å². The quantitative estimate of drug-likeness (QED) is 0.0141. The molecular formula is C73H73BBrCl3F3I6O10S2V-. The smallest absolute Gasteiger partial charge is 0.399 e. The largest absolute Gasteiger partial charge is 0.534 e. The van der Waals surface area contributed by atoms with Crippen molar-refractivity contribution in [3.05, 3.63) is 306 Å². The molecule has 2 aliphatic rings. The van der Waals surface area contributed by atoms with Gasteiger partial charge in [0.1, 0.15) is 5.70 Å². The van der Waals surface area contributed by atoms with Gasteiger partial charge >= 0.3 is 22.7 Å². The van der Waals surface area contributed by atoms with Gasteiger partial charge in [-0.3, -0.25) is 24.1 Å². The number of aldehydes is 2. The van der Waals surface area contributed by atoms with Crippen molar-refractivity contribution in [3.63, 3.8) is 0 Å². The summed E-state index contributed by atoms with van der Waals surface area (Å²) in [6.45, 7) is 19.2. The van der Waals surface area contributed by atoms with Crippen LogP contribution in [0.3, 0.4) is 0 Å². The molecule has 1 radical (unpaired) electrons. The normalized spacial score (nSPS) is 16.4. The minimum absolute atomic E-state index is 0. The molecule has 8 aromatic rings. The summed E-state index contributed by atoms with van der Waals surface area (Å²) < 4.78 is 271. The number of ether oxygens (including phenoxy) is 1. The molecule has 1 atom stereocenters. The predicted molar refractivity (Wildman–Crippen MR) is 466 cm³/mol. The Kier molecular flexibility index (Phi) is 33.1. The van der Waals surface area contributed by atoms with Gasteiger partial charge < -0.3 is 40.8 Å². The van der Waals surface area contributed by atoms with Crippen LogP contribution in [0.5, 0.6) is 0 Å². The van der Waals surface area contributed by atoms with Crippen LogP contribution in [0.1, 0.15) is 156 Å². The zero-order valence-electron chi connectivity index (χ0n) is 78.2. The minimum atomic E-state index is -6.05. The van der Waals surface area contributed by atoms with Crippen LogP contribution >= 0.6 is 200 Å². The van der Waals surface area contributed by atoms with E-state index in [9.17, 15) is 40.8 Å². The first-order valence-corrected chi connectivity index (χ1v) is 38.1. The third kappa shape index (κ3) is 36.4. The van der Waals surface area contributed by atoms with Crippen LogP contribution in [0.2, 0.25) is 15.1 Å². The molecule has 10 rings (SSSR count). The van der Waals surface area contributed by atoms with E-state index >= 15 is 0 Å². The van der Waals surface area contributed by atoms with Crippen molar-refractivity contribution in [3.8, 4) is 0 Å². The van der Waals surface area contributed by atoms with Crippen LogP contribution in [0, 0.1) is 4.93 Å². The van der Waals surface area contributed by atoms with Gasteiger partial charge in [0.05, 0.1) is 47.9 Å². The fraction of sp³-hybridized carbons (Fsp3) is 0.192. The number of fused-ring (bicyclic) bond motifs is 1. The Hall–Kier alpha value is -2.19. The summed E-state index contributed by atoms with van der Waals surface area (Å²) in [6.07, 6.45) is 1.43. The summed E-state index contributed by atoms with van der Waals surface area (Å²) >= 11 is 34.0. The van der Waals surface area contributed by atoms with Crippen LogP contribution < -0.4 is 0 Å². The molecule has 100 heavy (non-hydrogen) atoms. The molecule has 27 heteroatoms. The molecule has 0 unspecified atom stereocenters. The van der Waals surface area contributed by atoms with Gasteiger partial charge in [0.2, 0.25) is 0 Å². The first-order valence-electron chi connectivity index (χ1n) is 39.0. The number of ketones is 2. The number of rotatable bonds is 11. The Morgan fingerprint density at radius 3 is 1.45 bits per heavy atom. The number of benzene rings is 8. The molecule has 0 amide bonds. The second kappa shape index (κ2) is 52.7. The Balaban J connectivity index is 0. The molecule has 10 nitrogen and oxygen atoms in total. The fourth-order valence-electron chi connectivity index (χ4n) is 6.77. The molecular weight excluding hydrogens is 2170 g/mol. The van der Waals surface area contributed by atoms with Crippen LogP contribution in [0.25, 0.3) is 16.8 Å². The third-order valence-corrected chi connectivity index (χ3v) is 14.2. The predicted octanol–water partition coefficient (Wildman–Crippen LogP) is 24.9. The molecule has 1 fully saturated rings. The van der Waals surface area contributed by atoms with Gasteiger partial charge in [0.15, 0.2) is 24.1 Å². The van der Waals surface area contributed by atoms with Crippen molar-refractivity contribution < 1.29 is 112 Å². The van der Waals surface area contributed by atoms with Gasteiger partial charge in [-0.2, -0.15) is 35.1 Å². The number of carbonyl (C=O) groups excluding carboxylic acids is 4. The third-order valence-electron chi connectivity index (χ3n) is 11.8. The number of hydrogen-bond donors (Lipinski definition) is 0. The van der Waals surface area contributed by atoms with Crippen molar-refractivity contribution in [2.75, 3.05) is 16.7 Å². The molecule has 0 bridgehead atoms. The van der Waals surface area contributed by atoms with Crippen molar-refractivity contribution in [1.82, 2.24) is 0 Å². The van der Waals surface area contributed by atoms with Crippen LogP contribution in [0.15, 0.2) is 230 Å². The molecule has 0 spiro atoms. The average molecular weight is 2270 g/mol. The Labute approximate surface area is 747 Å². The van der Waals surface area contributed by atoms with E-state index in [2.05, 4.69) is 162 Å². The number of alkyl halides is 8. The van der Waals surface area contributed by atoms with Gasteiger partial charge in [-0.25, -0.2) is 0 Å². The van der Waals surface area contributed by atoms with E-state index in [-0.39, 0.29) is 131 Å². The first kappa shape index (κ1) is 62.8. The maximum atomic E-state index is 12.2. The maximum absolute atomic E-state index is 12.2.